The van der Waals surface area contributed by atoms with Gasteiger partial charge in [-0.2, -0.15) is 0 Å². The van der Waals surface area contributed by atoms with Crippen LogP contribution in [0.1, 0.15) is 38.8 Å². The maximum atomic E-state index is 2.48. The number of hydrogen-bond donors (Lipinski definition) is 0. The number of benzene rings is 13. The van der Waals surface area contributed by atoms with Gasteiger partial charge in [0, 0.05) is 49.4 Å². The van der Waals surface area contributed by atoms with E-state index in [0.717, 1.165) is 18.5 Å². The zero-order valence-corrected chi connectivity index (χ0v) is 48.4. The summed E-state index contributed by atoms with van der Waals surface area (Å²) < 4.78 is 7.34. The van der Waals surface area contributed by atoms with E-state index in [1.54, 1.807) is 0 Å². The van der Waals surface area contributed by atoms with Crippen molar-refractivity contribution in [3.8, 4) is 61.6 Å². The first kappa shape index (κ1) is 50.5. The largest absolute Gasteiger partial charge is 0.309 e. The average molecular weight is 1090 g/mol. The van der Waals surface area contributed by atoms with Crippen LogP contribution in [0, 0.1) is 11.8 Å². The zero-order valence-electron chi connectivity index (χ0n) is 48.4. The molecular weight excluding hydrogens is 1030 g/mol. The van der Waals surface area contributed by atoms with Crippen molar-refractivity contribution in [1.29, 1.82) is 0 Å². The molecule has 3 nitrogen and oxygen atoms in total. The van der Waals surface area contributed by atoms with E-state index in [4.69, 9.17) is 0 Å². The maximum absolute atomic E-state index is 2.48. The van der Waals surface area contributed by atoms with Gasteiger partial charge < -0.3 is 13.7 Å². The molecule has 16 rings (SSSR count). The van der Waals surface area contributed by atoms with Crippen molar-refractivity contribution in [3.63, 3.8) is 0 Å². The lowest BCUT2D eigenvalue weighted by Gasteiger charge is -2.18. The Labute approximate surface area is 495 Å². The second kappa shape index (κ2) is 20.3. The second-order valence-corrected chi connectivity index (χ2v) is 24.3. The van der Waals surface area contributed by atoms with Crippen LogP contribution in [-0.2, 0) is 12.8 Å². The van der Waals surface area contributed by atoms with Gasteiger partial charge in [0.1, 0.15) is 0 Å². The summed E-state index contributed by atoms with van der Waals surface area (Å²) in [6.07, 6.45) is 2.15. The van der Waals surface area contributed by atoms with Crippen LogP contribution in [0.25, 0.3) is 149 Å². The standard InChI is InChI=1S/C82H63N3/c1-52(2)46-54-26-36-62(37-27-54)83-75-24-14-12-18-65(75)71-48-58(32-42-77(71)83)60-34-44-79-73(50-60)74-51-61(59-33-43-78-72(49-59)66-19-13-15-25-76(66)84(78)63-38-28-55(29-39-63)47-53(3)4)35-45-80(74)85(79)64-40-30-57(31-41-64)82-69-22-10-8-20-67(69)81(56-16-6-5-7-17-56)68-21-9-11-23-70(68)82/h5-45,48-53H,46-47H2,1-4H3. The highest BCUT2D eigenvalue weighted by molar-refractivity contribution is 6.22. The zero-order chi connectivity index (χ0) is 56.9. The summed E-state index contributed by atoms with van der Waals surface area (Å²) in [5, 5.41) is 12.5. The topological polar surface area (TPSA) is 14.8 Å². The molecular formula is C82H63N3. The first-order valence-corrected chi connectivity index (χ1v) is 30.2. The Balaban J connectivity index is 0.856. The first-order valence-electron chi connectivity index (χ1n) is 30.2. The third kappa shape index (κ3) is 8.48. The summed E-state index contributed by atoms with van der Waals surface area (Å²) >= 11 is 0. The van der Waals surface area contributed by atoms with E-state index in [1.165, 1.54) is 154 Å². The lowest BCUT2D eigenvalue weighted by molar-refractivity contribution is 0.647. The van der Waals surface area contributed by atoms with Crippen LogP contribution in [0.15, 0.2) is 273 Å². The molecule has 0 atom stereocenters. The molecule has 0 saturated carbocycles. The van der Waals surface area contributed by atoms with Crippen molar-refractivity contribution in [2.45, 2.75) is 40.5 Å². The maximum Gasteiger partial charge on any atom is 0.0541 e. The molecule has 0 spiro atoms. The van der Waals surface area contributed by atoms with Gasteiger partial charge >= 0.3 is 0 Å². The Bertz CT molecular complexity index is 4980. The van der Waals surface area contributed by atoms with Gasteiger partial charge in [0.2, 0.25) is 0 Å². The predicted molar refractivity (Wildman–Crippen MR) is 363 cm³/mol. The van der Waals surface area contributed by atoms with E-state index in [-0.39, 0.29) is 0 Å². The lowest BCUT2D eigenvalue weighted by Crippen LogP contribution is -1.97. The minimum atomic E-state index is 0.610. The molecule has 16 aromatic rings. The molecule has 0 amide bonds. The third-order valence-electron chi connectivity index (χ3n) is 17.9. The van der Waals surface area contributed by atoms with Crippen LogP contribution in [0.4, 0.5) is 0 Å². The van der Waals surface area contributed by atoms with Crippen LogP contribution < -0.4 is 0 Å². The molecule has 0 fully saturated rings. The molecule has 0 aliphatic heterocycles. The van der Waals surface area contributed by atoms with Gasteiger partial charge in [0.15, 0.2) is 0 Å². The molecule has 0 radical (unpaired) electrons. The van der Waals surface area contributed by atoms with E-state index in [0.29, 0.717) is 11.8 Å². The Morgan fingerprint density at radius 1 is 0.224 bits per heavy atom. The molecule has 0 bridgehead atoms. The number of para-hydroxylation sites is 2. The highest BCUT2D eigenvalue weighted by Crippen LogP contribution is 2.46. The van der Waals surface area contributed by atoms with E-state index < -0.39 is 0 Å². The summed E-state index contributed by atoms with van der Waals surface area (Å²) in [4.78, 5) is 0. The molecule has 406 valence electrons. The molecule has 85 heavy (non-hydrogen) atoms. The number of fused-ring (bicyclic) bond motifs is 11. The Morgan fingerprint density at radius 2 is 0.482 bits per heavy atom. The van der Waals surface area contributed by atoms with Crippen LogP contribution in [-0.4, -0.2) is 13.7 Å². The molecule has 0 unspecified atom stereocenters. The summed E-state index contributed by atoms with van der Waals surface area (Å²) in [5.41, 5.74) is 23.2. The molecule has 0 N–H and O–H groups in total. The molecule has 0 saturated heterocycles. The van der Waals surface area contributed by atoms with Gasteiger partial charge in [0.05, 0.1) is 33.1 Å². The molecule has 3 heterocycles. The SMILES string of the molecule is CC(C)Cc1ccc(-n2c3ccccc3c3cc(-c4ccc5c(c4)c4cc(-c6ccc7c(c6)c6ccccc6n7-c6ccc(CC(C)C)cc6)ccc4n5-c4ccc(-c5c6ccccc6c(-c6ccccc6)c6ccccc56)cc4)ccc32)cc1. The number of rotatable bonds is 11. The number of aromatic nitrogens is 3. The van der Waals surface area contributed by atoms with Crippen molar-refractivity contribution in [2.75, 3.05) is 0 Å². The van der Waals surface area contributed by atoms with Gasteiger partial charge in [0.25, 0.3) is 0 Å². The van der Waals surface area contributed by atoms with Gasteiger partial charge in [-0.1, -0.05) is 204 Å². The van der Waals surface area contributed by atoms with Gasteiger partial charge in [-0.15, -0.1) is 0 Å². The summed E-state index contributed by atoms with van der Waals surface area (Å²) in [5.74, 6) is 1.22. The van der Waals surface area contributed by atoms with Crippen molar-refractivity contribution >= 4 is 87.0 Å². The van der Waals surface area contributed by atoms with E-state index >= 15 is 0 Å². The highest BCUT2D eigenvalue weighted by atomic mass is 15.0. The minimum Gasteiger partial charge on any atom is -0.309 e. The van der Waals surface area contributed by atoms with Crippen molar-refractivity contribution < 1.29 is 0 Å². The molecule has 13 aromatic carbocycles. The van der Waals surface area contributed by atoms with Crippen molar-refractivity contribution in [3.05, 3.63) is 284 Å². The van der Waals surface area contributed by atoms with Crippen LogP contribution in [0.5, 0.6) is 0 Å². The fourth-order valence-electron chi connectivity index (χ4n) is 14.2. The smallest absolute Gasteiger partial charge is 0.0541 e. The number of nitrogens with zero attached hydrogens (tertiary/aromatic N) is 3. The summed E-state index contributed by atoms with van der Waals surface area (Å²) in [6, 6.07) is 103. The van der Waals surface area contributed by atoms with Crippen molar-refractivity contribution in [1.82, 2.24) is 13.7 Å². The Morgan fingerprint density at radius 3 is 0.824 bits per heavy atom. The van der Waals surface area contributed by atoms with Crippen LogP contribution in [0.3, 0.4) is 0 Å². The molecule has 3 aromatic heterocycles. The fraction of sp³-hybridized carbons (Fsp3) is 0.0976. The minimum absolute atomic E-state index is 0.610. The highest BCUT2D eigenvalue weighted by Gasteiger charge is 2.21. The predicted octanol–water partition coefficient (Wildman–Crippen LogP) is 22.3. The van der Waals surface area contributed by atoms with E-state index in [2.05, 4.69) is 314 Å². The Kier molecular flexibility index (Phi) is 12.1. The quantitative estimate of drug-likeness (QED) is 0.115. The first-order chi connectivity index (χ1) is 41.8. The fourth-order valence-corrected chi connectivity index (χ4v) is 14.2. The summed E-state index contributed by atoms with van der Waals surface area (Å²) in [7, 11) is 0. The van der Waals surface area contributed by atoms with Gasteiger partial charge in [-0.05, 0) is 199 Å². The average Bonchev–Trinajstić information content (AvgIpc) is 2.05. The monoisotopic (exact) mass is 1090 g/mol. The van der Waals surface area contributed by atoms with E-state index in [1.807, 2.05) is 0 Å². The normalized spacial score (nSPS) is 12.1. The van der Waals surface area contributed by atoms with Crippen LogP contribution >= 0.6 is 0 Å². The second-order valence-electron chi connectivity index (χ2n) is 24.3. The van der Waals surface area contributed by atoms with E-state index in [9.17, 15) is 0 Å². The molecule has 3 heteroatoms. The molecule has 0 aliphatic carbocycles. The van der Waals surface area contributed by atoms with Gasteiger partial charge in [-0.25, -0.2) is 0 Å². The Hall–Kier alpha value is -10.2. The number of hydrogen-bond acceptors (Lipinski definition) is 0. The lowest BCUT2D eigenvalue weighted by atomic mass is 9.86. The molecule has 0 aliphatic rings. The third-order valence-corrected chi connectivity index (χ3v) is 17.9. The van der Waals surface area contributed by atoms with Crippen LogP contribution in [0.2, 0.25) is 0 Å². The van der Waals surface area contributed by atoms with Crippen molar-refractivity contribution in [2.24, 2.45) is 11.8 Å². The summed E-state index contributed by atoms with van der Waals surface area (Å²) in [6.45, 7) is 9.15. The van der Waals surface area contributed by atoms with Gasteiger partial charge in [-0.3, -0.25) is 0 Å².